The highest BCUT2D eigenvalue weighted by atomic mass is 79.9. The van der Waals surface area contributed by atoms with Crippen LogP contribution in [0.1, 0.15) is 17.7 Å². The van der Waals surface area contributed by atoms with Crippen molar-refractivity contribution in [3.05, 3.63) is 46.7 Å². The average Bonchev–Trinajstić information content (AvgIpc) is 2.78. The van der Waals surface area contributed by atoms with Gasteiger partial charge in [0.1, 0.15) is 0 Å². The van der Waals surface area contributed by atoms with Crippen LogP contribution >= 0.6 is 27.7 Å². The molecule has 17 heavy (non-hydrogen) atoms. The van der Waals surface area contributed by atoms with E-state index in [4.69, 9.17) is 5.73 Å². The Morgan fingerprint density at radius 1 is 1.47 bits per heavy atom. The summed E-state index contributed by atoms with van der Waals surface area (Å²) < 4.78 is 1.07. The molecule has 1 aromatic heterocycles. The summed E-state index contributed by atoms with van der Waals surface area (Å²) in [6, 6.07) is 8.29. The number of thioether (sulfide) groups is 1. The van der Waals surface area contributed by atoms with E-state index in [1.54, 1.807) is 18.0 Å². The standard InChI is InChI=1S/C12H14BrN3S/c1-8(14)11(17-12-15-5-6-16-12)9-3-2-4-10(13)7-9/h2-8,11H,14H2,1H3,(H,15,16). The molecule has 3 N–H and O–H groups in total. The number of aromatic amines is 1. The number of benzene rings is 1. The molecule has 0 saturated heterocycles. The van der Waals surface area contributed by atoms with Crippen molar-refractivity contribution in [2.75, 3.05) is 0 Å². The summed E-state index contributed by atoms with van der Waals surface area (Å²) in [4.78, 5) is 7.32. The minimum Gasteiger partial charge on any atom is -0.340 e. The third-order valence-corrected chi connectivity index (χ3v) is 4.26. The number of nitrogens with two attached hydrogens (primary N) is 1. The van der Waals surface area contributed by atoms with E-state index in [1.165, 1.54) is 5.56 Å². The summed E-state index contributed by atoms with van der Waals surface area (Å²) in [5.74, 6) is 0. The van der Waals surface area contributed by atoms with Crippen molar-refractivity contribution in [1.29, 1.82) is 0 Å². The van der Waals surface area contributed by atoms with Crippen LogP contribution in [-0.2, 0) is 0 Å². The molecule has 0 radical (unpaired) electrons. The molecular formula is C12H14BrN3S. The number of aromatic nitrogens is 2. The number of rotatable bonds is 4. The molecule has 0 spiro atoms. The molecule has 1 heterocycles. The van der Waals surface area contributed by atoms with Gasteiger partial charge in [0.05, 0.1) is 5.25 Å². The number of hydrogen-bond acceptors (Lipinski definition) is 3. The summed E-state index contributed by atoms with van der Waals surface area (Å²) >= 11 is 5.14. The molecular weight excluding hydrogens is 298 g/mol. The van der Waals surface area contributed by atoms with Gasteiger partial charge in [-0.05, 0) is 24.6 Å². The predicted molar refractivity (Wildman–Crippen MR) is 75.0 cm³/mol. The van der Waals surface area contributed by atoms with E-state index < -0.39 is 0 Å². The predicted octanol–water partition coefficient (Wildman–Crippen LogP) is 3.35. The number of hydrogen-bond donors (Lipinski definition) is 2. The van der Waals surface area contributed by atoms with E-state index in [1.807, 2.05) is 25.3 Å². The average molecular weight is 312 g/mol. The summed E-state index contributed by atoms with van der Waals surface area (Å²) in [6.45, 7) is 2.02. The fourth-order valence-electron chi connectivity index (χ4n) is 1.60. The number of nitrogens with zero attached hydrogens (tertiary/aromatic N) is 1. The van der Waals surface area contributed by atoms with Gasteiger partial charge in [-0.1, -0.05) is 39.8 Å². The van der Waals surface area contributed by atoms with Gasteiger partial charge in [0.15, 0.2) is 5.16 Å². The molecule has 1 aromatic carbocycles. The Kier molecular flexibility index (Phi) is 4.25. The zero-order chi connectivity index (χ0) is 12.3. The molecule has 0 fully saturated rings. The Labute approximate surface area is 113 Å². The Bertz CT molecular complexity index is 470. The molecule has 3 nitrogen and oxygen atoms in total. The van der Waals surface area contributed by atoms with Crippen molar-refractivity contribution in [3.63, 3.8) is 0 Å². The second-order valence-corrected chi connectivity index (χ2v) is 5.89. The largest absolute Gasteiger partial charge is 0.340 e. The number of halogens is 1. The number of H-pyrrole nitrogens is 1. The third-order valence-electron chi connectivity index (χ3n) is 2.37. The van der Waals surface area contributed by atoms with Gasteiger partial charge in [-0.15, -0.1) is 0 Å². The summed E-state index contributed by atoms with van der Waals surface area (Å²) in [5, 5.41) is 1.09. The Hall–Kier alpha value is -0.780. The molecule has 0 aliphatic rings. The second-order valence-electron chi connectivity index (χ2n) is 3.85. The minimum atomic E-state index is 0.0550. The van der Waals surface area contributed by atoms with Crippen molar-refractivity contribution < 1.29 is 0 Å². The lowest BCUT2D eigenvalue weighted by Gasteiger charge is -2.19. The van der Waals surface area contributed by atoms with E-state index in [9.17, 15) is 0 Å². The maximum absolute atomic E-state index is 6.06. The Morgan fingerprint density at radius 3 is 2.88 bits per heavy atom. The quantitative estimate of drug-likeness (QED) is 0.851. The van der Waals surface area contributed by atoms with Crippen molar-refractivity contribution in [2.45, 2.75) is 23.4 Å². The Balaban J connectivity index is 2.23. The molecule has 2 unspecified atom stereocenters. The van der Waals surface area contributed by atoms with Crippen LogP contribution in [0.4, 0.5) is 0 Å². The van der Waals surface area contributed by atoms with Crippen LogP contribution in [-0.4, -0.2) is 16.0 Å². The van der Waals surface area contributed by atoms with Crippen molar-refractivity contribution in [3.8, 4) is 0 Å². The maximum Gasteiger partial charge on any atom is 0.165 e. The monoisotopic (exact) mass is 311 g/mol. The van der Waals surface area contributed by atoms with Gasteiger partial charge < -0.3 is 10.7 Å². The second kappa shape index (κ2) is 5.71. The van der Waals surface area contributed by atoms with Gasteiger partial charge in [-0.2, -0.15) is 0 Å². The lowest BCUT2D eigenvalue weighted by atomic mass is 10.1. The lowest BCUT2D eigenvalue weighted by Crippen LogP contribution is -2.22. The first-order chi connectivity index (χ1) is 8.16. The summed E-state index contributed by atoms with van der Waals surface area (Å²) in [6.07, 6.45) is 3.57. The van der Waals surface area contributed by atoms with E-state index in [2.05, 4.69) is 38.0 Å². The molecule has 0 amide bonds. The first kappa shape index (κ1) is 12.7. The van der Waals surface area contributed by atoms with Crippen LogP contribution in [0.5, 0.6) is 0 Å². The zero-order valence-corrected chi connectivity index (χ0v) is 11.8. The van der Waals surface area contributed by atoms with Gasteiger partial charge >= 0.3 is 0 Å². The highest BCUT2D eigenvalue weighted by molar-refractivity contribution is 9.10. The molecule has 2 atom stereocenters. The van der Waals surface area contributed by atoms with Gasteiger partial charge in [-0.3, -0.25) is 0 Å². The van der Waals surface area contributed by atoms with Crippen molar-refractivity contribution in [1.82, 2.24) is 9.97 Å². The van der Waals surface area contributed by atoms with Gasteiger partial charge in [0.2, 0.25) is 0 Å². The van der Waals surface area contributed by atoms with E-state index in [0.717, 1.165) is 9.63 Å². The number of nitrogens with one attached hydrogen (secondary N) is 1. The van der Waals surface area contributed by atoms with Crippen LogP contribution in [0.2, 0.25) is 0 Å². The first-order valence-corrected chi connectivity index (χ1v) is 7.01. The molecule has 2 aromatic rings. The smallest absolute Gasteiger partial charge is 0.165 e. The topological polar surface area (TPSA) is 54.7 Å². The van der Waals surface area contributed by atoms with Crippen LogP contribution in [0.15, 0.2) is 46.3 Å². The molecule has 0 bridgehead atoms. The van der Waals surface area contributed by atoms with Gasteiger partial charge in [0, 0.05) is 22.9 Å². The third kappa shape index (κ3) is 3.34. The zero-order valence-electron chi connectivity index (χ0n) is 9.43. The number of imidazole rings is 1. The molecule has 2 rings (SSSR count). The molecule has 0 saturated carbocycles. The van der Waals surface area contributed by atoms with Crippen LogP contribution in [0, 0.1) is 0 Å². The normalized spacial score (nSPS) is 14.5. The van der Waals surface area contributed by atoms with Gasteiger partial charge in [-0.25, -0.2) is 4.98 Å². The van der Waals surface area contributed by atoms with Crippen molar-refractivity contribution >= 4 is 27.7 Å². The van der Waals surface area contributed by atoms with E-state index >= 15 is 0 Å². The summed E-state index contributed by atoms with van der Waals surface area (Å²) in [7, 11) is 0. The fraction of sp³-hybridized carbons (Fsp3) is 0.250. The lowest BCUT2D eigenvalue weighted by molar-refractivity contribution is 0.718. The SMILES string of the molecule is CC(N)C(Sc1ncc[nH]1)c1cccc(Br)c1. The Morgan fingerprint density at radius 2 is 2.29 bits per heavy atom. The molecule has 90 valence electrons. The first-order valence-electron chi connectivity index (χ1n) is 5.34. The van der Waals surface area contributed by atoms with Crippen LogP contribution in [0.3, 0.4) is 0 Å². The maximum atomic E-state index is 6.06. The molecule has 0 aliphatic carbocycles. The molecule has 0 aliphatic heterocycles. The molecule has 5 heteroatoms. The van der Waals surface area contributed by atoms with Crippen molar-refractivity contribution in [2.24, 2.45) is 5.73 Å². The fourth-order valence-corrected chi connectivity index (χ4v) is 3.01. The highest BCUT2D eigenvalue weighted by Gasteiger charge is 2.18. The van der Waals surface area contributed by atoms with E-state index in [-0.39, 0.29) is 11.3 Å². The van der Waals surface area contributed by atoms with Crippen LogP contribution in [0.25, 0.3) is 0 Å². The highest BCUT2D eigenvalue weighted by Crippen LogP contribution is 2.36. The van der Waals surface area contributed by atoms with E-state index in [0.29, 0.717) is 0 Å². The summed E-state index contributed by atoms with van der Waals surface area (Å²) in [5.41, 5.74) is 7.26. The van der Waals surface area contributed by atoms with Gasteiger partial charge in [0.25, 0.3) is 0 Å². The van der Waals surface area contributed by atoms with Crippen LogP contribution < -0.4 is 5.73 Å². The minimum absolute atomic E-state index is 0.0550.